The summed E-state index contributed by atoms with van der Waals surface area (Å²) in [5, 5.41) is 16.5. The molecule has 148 valence electrons. The maximum Gasteiger partial charge on any atom is 0.326 e. The van der Waals surface area contributed by atoms with Crippen LogP contribution in [-0.4, -0.2) is 37.8 Å². The summed E-state index contributed by atoms with van der Waals surface area (Å²) in [7, 11) is 0. The standard InChI is InChI=1S/C22H22N4O3/c27-21(17-8-4-9-18(11-17)26-14-23-13-24-26)25-20(22(28)29)12-16-7-3-6-15-5-1-2-10-19(15)16/h1-2,4-5,8-11,13-14,16,20H,3,6-7,12H2,(H,25,27)(H,28,29). The number of nitrogens with one attached hydrogen (secondary N) is 1. The zero-order valence-corrected chi connectivity index (χ0v) is 15.9. The first-order valence-corrected chi connectivity index (χ1v) is 9.68. The first-order chi connectivity index (χ1) is 14.1. The second-order valence-corrected chi connectivity index (χ2v) is 7.28. The van der Waals surface area contributed by atoms with E-state index in [-0.39, 0.29) is 5.92 Å². The fourth-order valence-electron chi connectivity index (χ4n) is 3.98. The SMILES string of the molecule is O=C(NC(CC1CCCc2ccccc21)C(=O)O)c1cccc(-n2cncn2)c1. The minimum atomic E-state index is -1.02. The van der Waals surface area contributed by atoms with Crippen LogP contribution in [0.5, 0.6) is 0 Å². The van der Waals surface area contributed by atoms with Crippen molar-refractivity contribution in [3.63, 3.8) is 0 Å². The Labute approximate surface area is 168 Å². The van der Waals surface area contributed by atoms with Gasteiger partial charge in [0.05, 0.1) is 5.69 Å². The van der Waals surface area contributed by atoms with Gasteiger partial charge in [0.25, 0.3) is 5.91 Å². The predicted molar refractivity (Wildman–Crippen MR) is 107 cm³/mol. The van der Waals surface area contributed by atoms with E-state index < -0.39 is 17.9 Å². The summed E-state index contributed by atoms with van der Waals surface area (Å²) in [5.41, 5.74) is 3.55. The lowest BCUT2D eigenvalue weighted by molar-refractivity contribution is -0.139. The van der Waals surface area contributed by atoms with Gasteiger partial charge < -0.3 is 10.4 Å². The molecule has 0 saturated heterocycles. The van der Waals surface area contributed by atoms with Gasteiger partial charge in [-0.05, 0) is 60.9 Å². The summed E-state index contributed by atoms with van der Waals surface area (Å²) < 4.78 is 1.55. The molecule has 2 atom stereocenters. The van der Waals surface area contributed by atoms with Gasteiger partial charge in [-0.2, -0.15) is 5.10 Å². The lowest BCUT2D eigenvalue weighted by atomic mass is 9.79. The lowest BCUT2D eigenvalue weighted by Gasteiger charge is -2.28. The minimum absolute atomic E-state index is 0.128. The number of nitrogens with zero attached hydrogens (tertiary/aromatic N) is 3. The highest BCUT2D eigenvalue weighted by Crippen LogP contribution is 2.34. The van der Waals surface area contributed by atoms with Gasteiger partial charge in [0.1, 0.15) is 18.7 Å². The number of fused-ring (bicyclic) bond motifs is 1. The molecule has 0 bridgehead atoms. The van der Waals surface area contributed by atoms with Gasteiger partial charge >= 0.3 is 5.97 Å². The van der Waals surface area contributed by atoms with Crippen molar-refractivity contribution < 1.29 is 14.7 Å². The first-order valence-electron chi connectivity index (χ1n) is 9.68. The molecule has 3 aromatic rings. The van der Waals surface area contributed by atoms with Crippen molar-refractivity contribution in [3.05, 3.63) is 77.9 Å². The smallest absolute Gasteiger partial charge is 0.326 e. The van der Waals surface area contributed by atoms with Crippen LogP contribution in [0.3, 0.4) is 0 Å². The Hall–Kier alpha value is -3.48. The highest BCUT2D eigenvalue weighted by atomic mass is 16.4. The first kappa shape index (κ1) is 18.9. The maximum atomic E-state index is 12.7. The van der Waals surface area contributed by atoms with Crippen LogP contribution in [0.15, 0.2) is 61.2 Å². The summed E-state index contributed by atoms with van der Waals surface area (Å²) in [6, 6.07) is 14.1. The number of hydrogen-bond acceptors (Lipinski definition) is 4. The van der Waals surface area contributed by atoms with Crippen LogP contribution in [0, 0.1) is 0 Å². The summed E-state index contributed by atoms with van der Waals surface area (Å²) in [4.78, 5) is 28.5. The number of hydrogen-bond donors (Lipinski definition) is 2. The second-order valence-electron chi connectivity index (χ2n) is 7.28. The predicted octanol–water partition coefficient (Wildman–Crippen LogP) is 2.96. The second kappa shape index (κ2) is 8.26. The molecule has 4 rings (SSSR count). The number of carboxylic acids is 1. The molecule has 7 nitrogen and oxygen atoms in total. The van der Waals surface area contributed by atoms with Crippen molar-refractivity contribution in [1.29, 1.82) is 0 Å². The molecule has 1 aliphatic rings. The van der Waals surface area contributed by atoms with E-state index in [4.69, 9.17) is 0 Å². The Morgan fingerprint density at radius 2 is 2.07 bits per heavy atom. The Kier molecular flexibility index (Phi) is 5.37. The van der Waals surface area contributed by atoms with Crippen LogP contribution in [0.4, 0.5) is 0 Å². The van der Waals surface area contributed by atoms with Crippen molar-refractivity contribution in [3.8, 4) is 5.69 Å². The van der Waals surface area contributed by atoms with E-state index in [1.807, 2.05) is 12.1 Å². The molecule has 29 heavy (non-hydrogen) atoms. The van der Waals surface area contributed by atoms with E-state index >= 15 is 0 Å². The highest BCUT2D eigenvalue weighted by molar-refractivity contribution is 5.97. The van der Waals surface area contributed by atoms with Crippen LogP contribution in [0.1, 0.15) is 46.7 Å². The third-order valence-electron chi connectivity index (χ3n) is 5.41. The van der Waals surface area contributed by atoms with E-state index in [1.54, 1.807) is 28.9 Å². The molecule has 2 unspecified atom stereocenters. The molecule has 1 heterocycles. The minimum Gasteiger partial charge on any atom is -0.480 e. The lowest BCUT2D eigenvalue weighted by Crippen LogP contribution is -2.42. The van der Waals surface area contributed by atoms with Crippen molar-refractivity contribution in [2.24, 2.45) is 0 Å². The largest absolute Gasteiger partial charge is 0.480 e. The van der Waals surface area contributed by atoms with Gasteiger partial charge in [0, 0.05) is 5.56 Å². The van der Waals surface area contributed by atoms with Crippen molar-refractivity contribution in [2.75, 3.05) is 0 Å². The molecule has 7 heteroatoms. The summed E-state index contributed by atoms with van der Waals surface area (Å²) in [5.74, 6) is -1.31. The molecule has 0 fully saturated rings. The molecule has 2 N–H and O–H groups in total. The number of benzene rings is 2. The van der Waals surface area contributed by atoms with Gasteiger partial charge in [0.15, 0.2) is 0 Å². The average Bonchev–Trinajstić information content (AvgIpc) is 3.28. The Balaban J connectivity index is 1.50. The third-order valence-corrected chi connectivity index (χ3v) is 5.41. The van der Waals surface area contributed by atoms with E-state index in [1.165, 1.54) is 23.8 Å². The number of amides is 1. The van der Waals surface area contributed by atoms with Gasteiger partial charge in [-0.25, -0.2) is 14.5 Å². The quantitative estimate of drug-likeness (QED) is 0.674. The Morgan fingerprint density at radius 1 is 1.21 bits per heavy atom. The van der Waals surface area contributed by atoms with Gasteiger partial charge in [0.2, 0.25) is 0 Å². The summed E-state index contributed by atoms with van der Waals surface area (Å²) in [6.45, 7) is 0. The Bertz CT molecular complexity index is 1020. The normalized spacial score (nSPS) is 16.6. The molecular formula is C22H22N4O3. The zero-order chi connectivity index (χ0) is 20.2. The number of rotatable bonds is 6. The number of aromatic nitrogens is 3. The molecule has 1 amide bonds. The molecule has 1 aromatic heterocycles. The Morgan fingerprint density at radius 3 is 2.86 bits per heavy atom. The van der Waals surface area contributed by atoms with Crippen LogP contribution in [0.25, 0.3) is 5.69 Å². The van der Waals surface area contributed by atoms with Crippen molar-refractivity contribution in [2.45, 2.75) is 37.6 Å². The van der Waals surface area contributed by atoms with Gasteiger partial charge in [-0.1, -0.05) is 30.3 Å². The number of carboxylic acid groups (broad SMARTS) is 1. The molecule has 1 aliphatic carbocycles. The fourth-order valence-corrected chi connectivity index (χ4v) is 3.98. The van der Waals surface area contributed by atoms with E-state index in [0.29, 0.717) is 17.7 Å². The molecule has 2 aromatic carbocycles. The maximum absolute atomic E-state index is 12.7. The van der Waals surface area contributed by atoms with E-state index in [2.05, 4.69) is 27.5 Å². The third kappa shape index (κ3) is 4.18. The molecule has 0 aliphatic heterocycles. The summed E-state index contributed by atoms with van der Waals surface area (Å²) >= 11 is 0. The van der Waals surface area contributed by atoms with Crippen molar-refractivity contribution in [1.82, 2.24) is 20.1 Å². The van der Waals surface area contributed by atoms with Gasteiger partial charge in [-0.3, -0.25) is 4.79 Å². The fraction of sp³-hybridized carbons (Fsp3) is 0.273. The molecular weight excluding hydrogens is 368 g/mol. The van der Waals surface area contributed by atoms with Crippen LogP contribution in [0.2, 0.25) is 0 Å². The van der Waals surface area contributed by atoms with Gasteiger partial charge in [-0.15, -0.1) is 0 Å². The number of aliphatic carboxylic acids is 1. The summed E-state index contributed by atoms with van der Waals surface area (Å²) in [6.07, 6.45) is 6.31. The average molecular weight is 390 g/mol. The zero-order valence-electron chi connectivity index (χ0n) is 15.9. The highest BCUT2D eigenvalue weighted by Gasteiger charge is 2.28. The molecule has 0 radical (unpaired) electrons. The number of aryl methyl sites for hydroxylation is 1. The molecule has 0 saturated carbocycles. The molecule has 0 spiro atoms. The van der Waals surface area contributed by atoms with Crippen LogP contribution < -0.4 is 5.32 Å². The number of carbonyl (C=O) groups is 2. The number of carbonyl (C=O) groups excluding carboxylic acids is 1. The van der Waals surface area contributed by atoms with Crippen molar-refractivity contribution >= 4 is 11.9 Å². The topological polar surface area (TPSA) is 97.1 Å². The van der Waals surface area contributed by atoms with E-state index in [0.717, 1.165) is 19.3 Å². The van der Waals surface area contributed by atoms with Crippen LogP contribution in [-0.2, 0) is 11.2 Å². The van der Waals surface area contributed by atoms with Crippen LogP contribution >= 0.6 is 0 Å². The monoisotopic (exact) mass is 390 g/mol. The van der Waals surface area contributed by atoms with E-state index in [9.17, 15) is 14.7 Å².